The zero-order valence-electron chi connectivity index (χ0n) is 13.7. The number of nitrogens with two attached hydrogens (primary N) is 1. The lowest BCUT2D eigenvalue weighted by Gasteiger charge is -2.15. The summed E-state index contributed by atoms with van der Waals surface area (Å²) in [6.45, 7) is 0. The SMILES string of the molecule is COc1ccccc1Oc1ccc(NC(=O)C2CCCC2N)cc1. The van der Waals surface area contributed by atoms with E-state index < -0.39 is 0 Å². The van der Waals surface area contributed by atoms with Gasteiger partial charge in [-0.3, -0.25) is 4.79 Å². The molecule has 0 bridgehead atoms. The quantitative estimate of drug-likeness (QED) is 0.881. The van der Waals surface area contributed by atoms with E-state index in [2.05, 4.69) is 5.32 Å². The molecule has 0 aromatic heterocycles. The lowest BCUT2D eigenvalue weighted by Crippen LogP contribution is -2.34. The molecule has 2 unspecified atom stereocenters. The van der Waals surface area contributed by atoms with Gasteiger partial charge in [0, 0.05) is 11.7 Å². The molecule has 3 rings (SSSR count). The van der Waals surface area contributed by atoms with Gasteiger partial charge in [0.1, 0.15) is 5.75 Å². The van der Waals surface area contributed by atoms with E-state index in [1.165, 1.54) is 0 Å². The van der Waals surface area contributed by atoms with Crippen LogP contribution in [0.3, 0.4) is 0 Å². The number of carbonyl (C=O) groups is 1. The second-order valence-corrected chi connectivity index (χ2v) is 5.97. The van der Waals surface area contributed by atoms with Crippen LogP contribution in [0.4, 0.5) is 5.69 Å². The van der Waals surface area contributed by atoms with Gasteiger partial charge in [0.2, 0.25) is 5.91 Å². The lowest BCUT2D eigenvalue weighted by molar-refractivity contribution is -0.120. The van der Waals surface area contributed by atoms with Crippen molar-refractivity contribution in [3.63, 3.8) is 0 Å². The Hall–Kier alpha value is -2.53. The molecule has 126 valence electrons. The normalized spacial score (nSPS) is 19.8. The average molecular weight is 326 g/mol. The van der Waals surface area contributed by atoms with Crippen molar-refractivity contribution in [2.24, 2.45) is 11.7 Å². The smallest absolute Gasteiger partial charge is 0.229 e. The molecule has 1 saturated carbocycles. The van der Waals surface area contributed by atoms with Gasteiger partial charge in [-0.25, -0.2) is 0 Å². The number of methoxy groups -OCH3 is 1. The number of anilines is 1. The number of hydrogen-bond donors (Lipinski definition) is 2. The molecule has 0 aliphatic heterocycles. The van der Waals surface area contributed by atoms with Gasteiger partial charge in [-0.2, -0.15) is 0 Å². The van der Waals surface area contributed by atoms with E-state index >= 15 is 0 Å². The Balaban J connectivity index is 1.64. The Morgan fingerprint density at radius 2 is 1.79 bits per heavy atom. The third-order valence-electron chi connectivity index (χ3n) is 4.32. The Kier molecular flexibility index (Phi) is 5.01. The highest BCUT2D eigenvalue weighted by Gasteiger charge is 2.30. The number of nitrogens with one attached hydrogen (secondary N) is 1. The first-order valence-corrected chi connectivity index (χ1v) is 8.15. The second kappa shape index (κ2) is 7.36. The van der Waals surface area contributed by atoms with Gasteiger partial charge in [-0.1, -0.05) is 18.6 Å². The van der Waals surface area contributed by atoms with Crippen molar-refractivity contribution in [3.8, 4) is 17.2 Å². The van der Waals surface area contributed by atoms with E-state index in [4.69, 9.17) is 15.2 Å². The molecule has 0 saturated heterocycles. The molecule has 1 fully saturated rings. The minimum absolute atomic E-state index is 0.00148. The summed E-state index contributed by atoms with van der Waals surface area (Å²) in [5, 5.41) is 2.93. The highest BCUT2D eigenvalue weighted by molar-refractivity contribution is 5.93. The predicted octanol–water partition coefficient (Wildman–Crippen LogP) is 3.55. The molecule has 24 heavy (non-hydrogen) atoms. The van der Waals surface area contributed by atoms with E-state index in [1.807, 2.05) is 48.5 Å². The van der Waals surface area contributed by atoms with Crippen LogP contribution >= 0.6 is 0 Å². The van der Waals surface area contributed by atoms with Crippen LogP contribution in [0.1, 0.15) is 19.3 Å². The van der Waals surface area contributed by atoms with Crippen molar-refractivity contribution in [1.29, 1.82) is 0 Å². The van der Waals surface area contributed by atoms with E-state index in [0.717, 1.165) is 24.9 Å². The molecule has 2 atom stereocenters. The molecule has 1 amide bonds. The Bertz CT molecular complexity index is 700. The number of ether oxygens (including phenoxy) is 2. The van der Waals surface area contributed by atoms with E-state index in [0.29, 0.717) is 17.2 Å². The van der Waals surface area contributed by atoms with E-state index in [1.54, 1.807) is 7.11 Å². The fourth-order valence-corrected chi connectivity index (χ4v) is 2.99. The number of para-hydroxylation sites is 2. The minimum Gasteiger partial charge on any atom is -0.493 e. The van der Waals surface area contributed by atoms with Crippen molar-refractivity contribution in [3.05, 3.63) is 48.5 Å². The molecule has 5 heteroatoms. The highest BCUT2D eigenvalue weighted by atomic mass is 16.5. The van der Waals surface area contributed by atoms with Gasteiger partial charge in [-0.15, -0.1) is 0 Å². The maximum Gasteiger partial charge on any atom is 0.229 e. The average Bonchev–Trinajstić information content (AvgIpc) is 3.03. The van der Waals surface area contributed by atoms with E-state index in [-0.39, 0.29) is 17.9 Å². The molecule has 3 N–H and O–H groups in total. The summed E-state index contributed by atoms with van der Waals surface area (Å²) in [6.07, 6.45) is 2.80. The summed E-state index contributed by atoms with van der Waals surface area (Å²) in [4.78, 5) is 12.2. The largest absolute Gasteiger partial charge is 0.493 e. The first-order chi connectivity index (χ1) is 11.7. The zero-order valence-corrected chi connectivity index (χ0v) is 13.7. The third-order valence-corrected chi connectivity index (χ3v) is 4.32. The summed E-state index contributed by atoms with van der Waals surface area (Å²) >= 11 is 0. The number of carbonyl (C=O) groups excluding carboxylic acids is 1. The Morgan fingerprint density at radius 3 is 2.42 bits per heavy atom. The fourth-order valence-electron chi connectivity index (χ4n) is 2.99. The maximum atomic E-state index is 12.2. The number of hydrogen-bond acceptors (Lipinski definition) is 4. The number of benzene rings is 2. The van der Waals surface area contributed by atoms with Crippen LogP contribution in [-0.4, -0.2) is 19.1 Å². The molecule has 1 aliphatic rings. The van der Waals surface area contributed by atoms with Gasteiger partial charge in [0.25, 0.3) is 0 Å². The van der Waals surface area contributed by atoms with Crippen LogP contribution in [0.15, 0.2) is 48.5 Å². The van der Waals surface area contributed by atoms with Crippen LogP contribution in [0.2, 0.25) is 0 Å². The monoisotopic (exact) mass is 326 g/mol. The van der Waals surface area contributed by atoms with Crippen LogP contribution in [0.25, 0.3) is 0 Å². The van der Waals surface area contributed by atoms with Crippen molar-refractivity contribution in [2.45, 2.75) is 25.3 Å². The summed E-state index contributed by atoms with van der Waals surface area (Å²) < 4.78 is 11.1. The molecule has 0 heterocycles. The van der Waals surface area contributed by atoms with Crippen molar-refractivity contribution < 1.29 is 14.3 Å². The van der Waals surface area contributed by atoms with Crippen LogP contribution in [-0.2, 0) is 4.79 Å². The van der Waals surface area contributed by atoms with Gasteiger partial charge >= 0.3 is 0 Å². The number of rotatable bonds is 5. The molecular weight excluding hydrogens is 304 g/mol. The van der Waals surface area contributed by atoms with E-state index in [9.17, 15) is 4.79 Å². The fraction of sp³-hybridized carbons (Fsp3) is 0.316. The van der Waals surface area contributed by atoms with Crippen LogP contribution in [0, 0.1) is 5.92 Å². The van der Waals surface area contributed by atoms with Crippen LogP contribution in [0.5, 0.6) is 17.2 Å². The topological polar surface area (TPSA) is 73.6 Å². The molecule has 1 aliphatic carbocycles. The lowest BCUT2D eigenvalue weighted by atomic mass is 10.0. The van der Waals surface area contributed by atoms with Crippen molar-refractivity contribution in [1.82, 2.24) is 0 Å². The van der Waals surface area contributed by atoms with Crippen molar-refractivity contribution in [2.75, 3.05) is 12.4 Å². The molecule has 0 spiro atoms. The van der Waals surface area contributed by atoms with Crippen molar-refractivity contribution >= 4 is 11.6 Å². The standard InChI is InChI=1S/C19H22N2O3/c1-23-17-7-2-3-8-18(17)24-14-11-9-13(10-12-14)21-19(22)15-5-4-6-16(15)20/h2-3,7-12,15-16H,4-6,20H2,1H3,(H,21,22). The highest BCUT2D eigenvalue weighted by Crippen LogP contribution is 2.31. The molecular formula is C19H22N2O3. The van der Waals surface area contributed by atoms with Gasteiger partial charge in [0.05, 0.1) is 13.0 Å². The Morgan fingerprint density at radius 1 is 1.08 bits per heavy atom. The summed E-state index contributed by atoms with van der Waals surface area (Å²) in [5.74, 6) is 1.90. The molecule has 2 aromatic carbocycles. The van der Waals surface area contributed by atoms with Crippen LogP contribution < -0.4 is 20.5 Å². The zero-order chi connectivity index (χ0) is 16.9. The molecule has 0 radical (unpaired) electrons. The van der Waals surface area contributed by atoms with Gasteiger partial charge in [-0.05, 0) is 49.2 Å². The predicted molar refractivity (Wildman–Crippen MR) is 93.5 cm³/mol. The summed E-state index contributed by atoms with van der Waals surface area (Å²) in [7, 11) is 1.61. The van der Waals surface area contributed by atoms with Gasteiger partial charge < -0.3 is 20.5 Å². The number of amides is 1. The first-order valence-electron chi connectivity index (χ1n) is 8.15. The summed E-state index contributed by atoms with van der Waals surface area (Å²) in [6, 6.07) is 14.7. The summed E-state index contributed by atoms with van der Waals surface area (Å²) in [5.41, 5.74) is 6.72. The maximum absolute atomic E-state index is 12.2. The van der Waals surface area contributed by atoms with Gasteiger partial charge in [0.15, 0.2) is 11.5 Å². The Labute approximate surface area is 141 Å². The third kappa shape index (κ3) is 3.68. The second-order valence-electron chi connectivity index (χ2n) is 5.97. The molecule has 2 aromatic rings. The first kappa shape index (κ1) is 16.3. The molecule has 5 nitrogen and oxygen atoms in total. The minimum atomic E-state index is -0.0884.